The lowest BCUT2D eigenvalue weighted by Gasteiger charge is -2.40. The molecule has 1 N–H and O–H groups in total. The van der Waals surface area contributed by atoms with Crippen LogP contribution < -0.4 is 0 Å². The van der Waals surface area contributed by atoms with Gasteiger partial charge in [0.25, 0.3) is 0 Å². The number of carboxylic acids is 1. The largest absolute Gasteiger partial charge is 0.478 e. The molecule has 5 nitrogen and oxygen atoms in total. The van der Waals surface area contributed by atoms with E-state index in [-0.39, 0.29) is 16.9 Å². The molecule has 33 heavy (non-hydrogen) atoms. The third-order valence-corrected chi connectivity index (χ3v) is 8.37. The first-order valence-electron chi connectivity index (χ1n) is 10.2. The van der Waals surface area contributed by atoms with Gasteiger partial charge in [0.1, 0.15) is 0 Å². The molecule has 3 aromatic carbocycles. The topological polar surface area (TPSA) is 74.7 Å². The number of aryl methyl sites for hydroxylation is 1. The summed E-state index contributed by atoms with van der Waals surface area (Å²) in [5, 5.41) is 10.4. The minimum Gasteiger partial charge on any atom is -0.478 e. The Morgan fingerprint density at radius 2 is 1.55 bits per heavy atom. The first-order chi connectivity index (χ1) is 15.7. The van der Waals surface area contributed by atoms with Gasteiger partial charge >= 0.3 is 5.97 Å². The number of hydrogen-bond acceptors (Lipinski definition) is 3. The molecule has 3 aromatic rings. The van der Waals surface area contributed by atoms with E-state index in [1.807, 2.05) is 31.2 Å². The van der Waals surface area contributed by atoms with Gasteiger partial charge in [-0.1, -0.05) is 75.6 Å². The number of sulfonamides is 1. The van der Waals surface area contributed by atoms with E-state index >= 15 is 0 Å². The lowest BCUT2D eigenvalue weighted by Crippen LogP contribution is -2.42. The Hall–Kier alpha value is -2.45. The van der Waals surface area contributed by atoms with E-state index in [1.54, 1.807) is 30.3 Å². The summed E-state index contributed by atoms with van der Waals surface area (Å²) in [6.07, 6.45) is 1.87. The lowest BCUT2D eigenvalue weighted by atomic mass is 9.89. The Morgan fingerprint density at radius 1 is 0.970 bits per heavy atom. The number of nitrogens with zero attached hydrogens (tertiary/aromatic N) is 1. The second-order valence-corrected chi connectivity index (χ2v) is 11.1. The van der Waals surface area contributed by atoms with Gasteiger partial charge < -0.3 is 5.11 Å². The molecular formula is C25H21BrClNO4S. The zero-order chi connectivity index (χ0) is 23.8. The van der Waals surface area contributed by atoms with Crippen LogP contribution in [0.3, 0.4) is 0 Å². The van der Waals surface area contributed by atoms with E-state index in [0.29, 0.717) is 10.6 Å². The van der Waals surface area contributed by atoms with Crippen LogP contribution in [0, 0.1) is 6.92 Å². The van der Waals surface area contributed by atoms with Crippen molar-refractivity contribution in [2.24, 2.45) is 0 Å². The molecule has 0 amide bonds. The second kappa shape index (κ2) is 9.43. The fraction of sp³-hybridized carbons (Fsp3) is 0.160. The maximum absolute atomic E-state index is 14.0. The molecule has 0 aliphatic carbocycles. The standard InChI is InChI=1S/C25H21BrClNO4S/c1-16-2-4-17(5-3-16)23-15-14-22(25(29)30)24(18-6-8-19(26)9-7-18)28(23)33(31,32)21-12-10-20(27)11-13-21/h2-14,23-24H,15H2,1H3,(H,29,30)/t23-,24-/m0/s1. The van der Waals surface area contributed by atoms with Crippen LogP contribution in [0.15, 0.2) is 93.8 Å². The minimum atomic E-state index is -4.10. The SMILES string of the molecule is Cc1ccc([C@@H]2CC=C(C(=O)O)[C@H](c3ccc(Br)cc3)N2S(=O)(=O)c2ccc(Cl)cc2)cc1. The molecule has 0 saturated heterocycles. The maximum Gasteiger partial charge on any atom is 0.333 e. The molecule has 0 unspecified atom stereocenters. The van der Waals surface area contributed by atoms with Crippen molar-refractivity contribution in [1.82, 2.24) is 4.31 Å². The fourth-order valence-corrected chi connectivity index (χ4v) is 6.22. The minimum absolute atomic E-state index is 0.0261. The zero-order valence-electron chi connectivity index (χ0n) is 17.7. The van der Waals surface area contributed by atoms with Crippen molar-refractivity contribution in [2.75, 3.05) is 0 Å². The van der Waals surface area contributed by atoms with Crippen LogP contribution in [-0.2, 0) is 14.8 Å². The Bertz CT molecular complexity index is 1300. The Kier molecular flexibility index (Phi) is 6.77. The van der Waals surface area contributed by atoms with Gasteiger partial charge in [-0.2, -0.15) is 4.31 Å². The van der Waals surface area contributed by atoms with Crippen molar-refractivity contribution in [3.05, 3.63) is 111 Å². The quantitative estimate of drug-likeness (QED) is 0.408. The molecule has 0 aromatic heterocycles. The highest BCUT2D eigenvalue weighted by molar-refractivity contribution is 9.10. The van der Waals surface area contributed by atoms with Crippen LogP contribution in [0.5, 0.6) is 0 Å². The van der Waals surface area contributed by atoms with Gasteiger partial charge in [0.2, 0.25) is 10.0 Å². The van der Waals surface area contributed by atoms with E-state index in [4.69, 9.17) is 11.6 Å². The predicted molar refractivity (Wildman–Crippen MR) is 132 cm³/mol. The van der Waals surface area contributed by atoms with Crippen LogP contribution >= 0.6 is 27.5 Å². The zero-order valence-corrected chi connectivity index (χ0v) is 20.8. The Balaban J connectivity index is 1.96. The van der Waals surface area contributed by atoms with Gasteiger partial charge in [-0.25, -0.2) is 13.2 Å². The van der Waals surface area contributed by atoms with E-state index in [1.165, 1.54) is 28.6 Å². The highest BCUT2D eigenvalue weighted by atomic mass is 79.9. The van der Waals surface area contributed by atoms with E-state index in [2.05, 4.69) is 15.9 Å². The summed E-state index contributed by atoms with van der Waals surface area (Å²) in [4.78, 5) is 12.3. The fourth-order valence-electron chi connectivity index (χ4n) is 4.05. The summed E-state index contributed by atoms with van der Waals surface area (Å²) in [6.45, 7) is 1.96. The average molecular weight is 547 g/mol. The van der Waals surface area contributed by atoms with Gasteiger partial charge in [0.15, 0.2) is 0 Å². The Labute approximate surface area is 206 Å². The molecule has 1 aliphatic heterocycles. The molecule has 1 aliphatic rings. The van der Waals surface area contributed by atoms with E-state index < -0.39 is 28.1 Å². The van der Waals surface area contributed by atoms with E-state index in [0.717, 1.165) is 15.6 Å². The molecule has 0 fully saturated rings. The van der Waals surface area contributed by atoms with Crippen molar-refractivity contribution in [3.63, 3.8) is 0 Å². The average Bonchev–Trinajstić information content (AvgIpc) is 2.79. The predicted octanol–water partition coefficient (Wildman–Crippen LogP) is 6.30. The summed E-state index contributed by atoms with van der Waals surface area (Å²) >= 11 is 9.38. The maximum atomic E-state index is 14.0. The molecule has 8 heteroatoms. The number of rotatable bonds is 5. The van der Waals surface area contributed by atoms with Gasteiger partial charge in [0, 0.05) is 9.50 Å². The number of carbonyl (C=O) groups is 1. The number of carboxylic acid groups (broad SMARTS) is 1. The first kappa shape index (κ1) is 23.7. The normalized spacial score (nSPS) is 19.2. The summed E-state index contributed by atoms with van der Waals surface area (Å²) in [5.74, 6) is -1.15. The van der Waals surface area contributed by atoms with Crippen LogP contribution in [0.1, 0.15) is 35.2 Å². The first-order valence-corrected chi connectivity index (χ1v) is 12.8. The van der Waals surface area contributed by atoms with E-state index in [9.17, 15) is 18.3 Å². The third-order valence-electron chi connectivity index (χ3n) is 5.70. The van der Waals surface area contributed by atoms with Crippen molar-refractivity contribution in [2.45, 2.75) is 30.3 Å². The molecule has 0 spiro atoms. The smallest absolute Gasteiger partial charge is 0.333 e. The molecule has 1 heterocycles. The molecule has 0 bridgehead atoms. The summed E-state index contributed by atoms with van der Waals surface area (Å²) in [7, 11) is -4.10. The summed E-state index contributed by atoms with van der Waals surface area (Å²) in [5.41, 5.74) is 2.44. The monoisotopic (exact) mass is 545 g/mol. The number of aliphatic carboxylic acids is 1. The molecule has 4 rings (SSSR count). The van der Waals surface area contributed by atoms with Gasteiger partial charge in [-0.15, -0.1) is 0 Å². The molecular weight excluding hydrogens is 526 g/mol. The summed E-state index contributed by atoms with van der Waals surface area (Å²) in [6, 6.07) is 19.0. The van der Waals surface area contributed by atoms with Crippen molar-refractivity contribution < 1.29 is 18.3 Å². The highest BCUT2D eigenvalue weighted by Gasteiger charge is 2.44. The second-order valence-electron chi connectivity index (χ2n) is 7.87. The van der Waals surface area contributed by atoms with Crippen LogP contribution in [0.2, 0.25) is 5.02 Å². The number of hydrogen-bond donors (Lipinski definition) is 1. The van der Waals surface area contributed by atoms with Crippen molar-refractivity contribution >= 4 is 43.5 Å². The van der Waals surface area contributed by atoms with Crippen LogP contribution in [-0.4, -0.2) is 23.8 Å². The van der Waals surface area contributed by atoms with Gasteiger partial charge in [-0.3, -0.25) is 0 Å². The number of halogens is 2. The van der Waals surface area contributed by atoms with Crippen molar-refractivity contribution in [3.8, 4) is 0 Å². The van der Waals surface area contributed by atoms with Gasteiger partial charge in [-0.05, 0) is 60.9 Å². The van der Waals surface area contributed by atoms with Crippen molar-refractivity contribution in [1.29, 1.82) is 0 Å². The molecule has 2 atom stereocenters. The molecule has 0 radical (unpaired) electrons. The number of benzene rings is 3. The lowest BCUT2D eigenvalue weighted by molar-refractivity contribution is -0.133. The third kappa shape index (κ3) is 4.77. The molecule has 0 saturated carbocycles. The Morgan fingerprint density at radius 3 is 2.12 bits per heavy atom. The summed E-state index contributed by atoms with van der Waals surface area (Å²) < 4.78 is 30.2. The highest BCUT2D eigenvalue weighted by Crippen LogP contribution is 2.45. The van der Waals surface area contributed by atoms with Crippen LogP contribution in [0.4, 0.5) is 0 Å². The van der Waals surface area contributed by atoms with Gasteiger partial charge in [0.05, 0.1) is 22.6 Å². The molecule has 170 valence electrons. The van der Waals surface area contributed by atoms with Crippen LogP contribution in [0.25, 0.3) is 0 Å².